The lowest BCUT2D eigenvalue weighted by Crippen LogP contribution is -2.40. The van der Waals surface area contributed by atoms with E-state index < -0.39 is 5.60 Å². The first-order chi connectivity index (χ1) is 14.5. The zero-order chi connectivity index (χ0) is 21.0. The number of urea groups is 1. The minimum absolute atomic E-state index is 0.170. The van der Waals surface area contributed by atoms with Crippen molar-refractivity contribution in [3.8, 4) is 0 Å². The Morgan fingerprint density at radius 1 is 1.13 bits per heavy atom. The molecule has 0 saturated carbocycles. The number of likely N-dealkylation sites (tertiary alicyclic amines) is 1. The summed E-state index contributed by atoms with van der Waals surface area (Å²) in [5.41, 5.74) is 1.71. The molecule has 2 heterocycles. The second kappa shape index (κ2) is 8.57. The molecular formula is C23H26N4O3. The first kappa shape index (κ1) is 19.9. The van der Waals surface area contributed by atoms with Gasteiger partial charge in [0.15, 0.2) is 5.60 Å². The van der Waals surface area contributed by atoms with Crippen LogP contribution in [0.3, 0.4) is 0 Å². The summed E-state index contributed by atoms with van der Waals surface area (Å²) in [5, 5.41) is 9.89. The van der Waals surface area contributed by atoms with Crippen LogP contribution in [-0.4, -0.2) is 47.8 Å². The van der Waals surface area contributed by atoms with E-state index in [1.165, 1.54) is 5.56 Å². The molecule has 30 heavy (non-hydrogen) atoms. The van der Waals surface area contributed by atoms with Crippen molar-refractivity contribution in [2.75, 3.05) is 25.0 Å². The first-order valence-electron chi connectivity index (χ1n) is 10.2. The Balaban J connectivity index is 1.27. The van der Waals surface area contributed by atoms with Gasteiger partial charge in [-0.1, -0.05) is 60.6 Å². The molecule has 2 aromatic rings. The van der Waals surface area contributed by atoms with Crippen LogP contribution in [0.1, 0.15) is 31.2 Å². The Hall–Kier alpha value is -3.35. The summed E-state index contributed by atoms with van der Waals surface area (Å²) in [6.45, 7) is 3.57. The fourth-order valence-corrected chi connectivity index (χ4v) is 3.85. The number of oxime groups is 1. The summed E-state index contributed by atoms with van der Waals surface area (Å²) in [7, 11) is 0. The van der Waals surface area contributed by atoms with Crippen LogP contribution < -0.4 is 10.6 Å². The van der Waals surface area contributed by atoms with Gasteiger partial charge in [0.2, 0.25) is 0 Å². The van der Waals surface area contributed by atoms with Crippen molar-refractivity contribution in [3.63, 3.8) is 0 Å². The van der Waals surface area contributed by atoms with Crippen molar-refractivity contribution in [1.82, 2.24) is 10.2 Å². The fourth-order valence-electron chi connectivity index (χ4n) is 3.85. The molecule has 0 unspecified atom stereocenters. The molecule has 0 aromatic heterocycles. The van der Waals surface area contributed by atoms with Crippen LogP contribution >= 0.6 is 0 Å². The van der Waals surface area contributed by atoms with Gasteiger partial charge in [0, 0.05) is 31.6 Å². The minimum atomic E-state index is -0.605. The molecule has 2 aliphatic heterocycles. The summed E-state index contributed by atoms with van der Waals surface area (Å²) >= 11 is 0. The topological polar surface area (TPSA) is 83.0 Å². The molecule has 2 atom stereocenters. The van der Waals surface area contributed by atoms with Crippen LogP contribution in [0.4, 0.5) is 10.5 Å². The number of anilines is 1. The van der Waals surface area contributed by atoms with E-state index in [-0.39, 0.29) is 17.9 Å². The summed E-state index contributed by atoms with van der Waals surface area (Å²) in [6.07, 6.45) is 1.06. The summed E-state index contributed by atoms with van der Waals surface area (Å²) in [4.78, 5) is 32.5. The fraction of sp³-hybridized carbons (Fsp3) is 0.348. The van der Waals surface area contributed by atoms with E-state index in [4.69, 9.17) is 4.84 Å². The number of amides is 3. The molecule has 2 aliphatic rings. The normalized spacial score (nSPS) is 21.1. The minimum Gasteiger partial charge on any atom is -0.386 e. The van der Waals surface area contributed by atoms with Gasteiger partial charge in [-0.3, -0.25) is 4.79 Å². The van der Waals surface area contributed by atoms with E-state index in [0.717, 1.165) is 5.69 Å². The lowest BCUT2D eigenvalue weighted by Gasteiger charge is -2.22. The maximum Gasteiger partial charge on any atom is 0.321 e. The molecule has 1 saturated heterocycles. The number of carbonyl (C=O) groups excluding carboxylic acids is 2. The highest BCUT2D eigenvalue weighted by atomic mass is 16.7. The molecule has 2 N–H and O–H groups in total. The van der Waals surface area contributed by atoms with E-state index in [2.05, 4.69) is 34.8 Å². The van der Waals surface area contributed by atoms with Crippen molar-refractivity contribution in [3.05, 3.63) is 66.2 Å². The number of hydrogen-bond donors (Lipinski definition) is 2. The van der Waals surface area contributed by atoms with Gasteiger partial charge in [-0.2, -0.15) is 0 Å². The number of rotatable bonds is 5. The summed E-state index contributed by atoms with van der Waals surface area (Å²) < 4.78 is 0. The summed E-state index contributed by atoms with van der Waals surface area (Å²) in [5.74, 6) is -0.00229. The smallest absolute Gasteiger partial charge is 0.321 e. The van der Waals surface area contributed by atoms with Gasteiger partial charge in [0.25, 0.3) is 5.91 Å². The van der Waals surface area contributed by atoms with E-state index in [9.17, 15) is 9.59 Å². The second-order valence-electron chi connectivity index (χ2n) is 7.98. The maximum atomic E-state index is 12.6. The van der Waals surface area contributed by atoms with Crippen LogP contribution in [0.2, 0.25) is 0 Å². The van der Waals surface area contributed by atoms with Crippen molar-refractivity contribution < 1.29 is 14.4 Å². The van der Waals surface area contributed by atoms with E-state index in [1.807, 2.05) is 48.5 Å². The largest absolute Gasteiger partial charge is 0.386 e. The van der Waals surface area contributed by atoms with Gasteiger partial charge in [-0.15, -0.1) is 0 Å². The quantitative estimate of drug-likeness (QED) is 0.799. The van der Waals surface area contributed by atoms with Gasteiger partial charge in [-0.05, 0) is 23.6 Å². The lowest BCUT2D eigenvalue weighted by atomic mass is 9.96. The molecule has 0 radical (unpaired) electrons. The van der Waals surface area contributed by atoms with E-state index >= 15 is 0 Å². The molecule has 3 amide bonds. The average Bonchev–Trinajstić information content (AvgIpc) is 3.40. The van der Waals surface area contributed by atoms with Crippen LogP contribution in [0.5, 0.6) is 0 Å². The highest BCUT2D eigenvalue weighted by Gasteiger charge is 2.48. The highest BCUT2D eigenvalue weighted by molar-refractivity contribution is 6.39. The Morgan fingerprint density at radius 3 is 2.57 bits per heavy atom. The number of nitrogens with zero attached hydrogens (tertiary/aromatic N) is 2. The third-order valence-electron chi connectivity index (χ3n) is 5.67. The average molecular weight is 406 g/mol. The van der Waals surface area contributed by atoms with Crippen molar-refractivity contribution in [2.45, 2.75) is 31.3 Å². The number of para-hydroxylation sites is 1. The molecule has 7 nitrogen and oxygen atoms in total. The van der Waals surface area contributed by atoms with Crippen molar-refractivity contribution in [2.24, 2.45) is 5.16 Å². The van der Waals surface area contributed by atoms with Gasteiger partial charge in [-0.25, -0.2) is 4.79 Å². The zero-order valence-electron chi connectivity index (χ0n) is 17.0. The SMILES string of the molecule is C[C@H](CNC(=O)C1=NO[C@@]2(CCN(C(=O)Nc3ccccc3)C2)C1)c1ccccc1. The molecule has 1 spiro atoms. The predicted molar refractivity (Wildman–Crippen MR) is 115 cm³/mol. The van der Waals surface area contributed by atoms with E-state index in [1.54, 1.807) is 4.90 Å². The molecule has 0 aliphatic carbocycles. The Labute approximate surface area is 176 Å². The van der Waals surface area contributed by atoms with Crippen LogP contribution in [0.15, 0.2) is 65.8 Å². The molecule has 0 bridgehead atoms. The molecule has 2 aromatic carbocycles. The second-order valence-corrected chi connectivity index (χ2v) is 7.98. The van der Waals surface area contributed by atoms with Crippen LogP contribution in [0, 0.1) is 0 Å². The van der Waals surface area contributed by atoms with E-state index in [0.29, 0.717) is 38.2 Å². The zero-order valence-corrected chi connectivity index (χ0v) is 17.0. The van der Waals surface area contributed by atoms with Crippen molar-refractivity contribution >= 4 is 23.3 Å². The molecule has 156 valence electrons. The van der Waals surface area contributed by atoms with Crippen LogP contribution in [0.25, 0.3) is 0 Å². The first-order valence-corrected chi connectivity index (χ1v) is 10.2. The summed E-state index contributed by atoms with van der Waals surface area (Å²) in [6, 6.07) is 19.2. The number of nitrogens with one attached hydrogen (secondary N) is 2. The third kappa shape index (κ3) is 4.45. The molecule has 7 heteroatoms. The van der Waals surface area contributed by atoms with Crippen LogP contribution in [-0.2, 0) is 9.63 Å². The monoisotopic (exact) mass is 406 g/mol. The van der Waals surface area contributed by atoms with Gasteiger partial charge >= 0.3 is 6.03 Å². The number of hydrogen-bond acceptors (Lipinski definition) is 4. The molecular weight excluding hydrogens is 380 g/mol. The van der Waals surface area contributed by atoms with Gasteiger partial charge in [0.05, 0.1) is 6.54 Å². The highest BCUT2D eigenvalue weighted by Crippen LogP contribution is 2.34. The number of benzene rings is 2. The van der Waals surface area contributed by atoms with Gasteiger partial charge < -0.3 is 20.4 Å². The molecule has 4 rings (SSSR count). The maximum absolute atomic E-state index is 12.6. The molecule has 1 fully saturated rings. The Kier molecular flexibility index (Phi) is 5.70. The Morgan fingerprint density at radius 2 is 1.83 bits per heavy atom. The Bertz CT molecular complexity index is 932. The van der Waals surface area contributed by atoms with Gasteiger partial charge in [0.1, 0.15) is 5.71 Å². The third-order valence-corrected chi connectivity index (χ3v) is 5.67. The van der Waals surface area contributed by atoms with Crippen molar-refractivity contribution in [1.29, 1.82) is 0 Å². The lowest BCUT2D eigenvalue weighted by molar-refractivity contribution is -0.115. The number of carbonyl (C=O) groups is 2. The predicted octanol–water partition coefficient (Wildman–Crippen LogP) is 3.36. The standard InChI is InChI=1S/C23H26N4O3/c1-17(18-8-4-2-5-9-18)15-24-21(28)20-14-23(30-26-20)12-13-27(16-23)22(29)25-19-10-6-3-7-11-19/h2-11,17H,12-16H2,1H3,(H,24,28)(H,25,29)/t17-,23+/m1/s1.